The van der Waals surface area contributed by atoms with Crippen molar-refractivity contribution in [3.05, 3.63) is 70.8 Å². The van der Waals surface area contributed by atoms with E-state index in [0.29, 0.717) is 31.2 Å². The number of nitrogens with zero attached hydrogens (tertiary/aromatic N) is 2. The van der Waals surface area contributed by atoms with Crippen LogP contribution in [0.4, 0.5) is 5.69 Å². The molecule has 1 fully saturated rings. The summed E-state index contributed by atoms with van der Waals surface area (Å²) in [5.41, 5.74) is 2.99. The van der Waals surface area contributed by atoms with Crippen LogP contribution in [0.2, 0.25) is 5.02 Å². The summed E-state index contributed by atoms with van der Waals surface area (Å²) in [6.07, 6.45) is 3.05. The number of halogens is 1. The van der Waals surface area contributed by atoms with Crippen LogP contribution in [0.15, 0.2) is 54.6 Å². The number of esters is 1. The summed E-state index contributed by atoms with van der Waals surface area (Å²) in [7, 11) is 0. The van der Waals surface area contributed by atoms with E-state index in [-0.39, 0.29) is 12.5 Å². The number of carbonyl (C=O) groups is 2. The Balaban J connectivity index is 1.45. The Morgan fingerprint density at radius 3 is 2.43 bits per heavy atom. The summed E-state index contributed by atoms with van der Waals surface area (Å²) < 4.78 is 5.10. The van der Waals surface area contributed by atoms with Crippen LogP contribution in [0.25, 0.3) is 6.08 Å². The maximum atomic E-state index is 12.3. The monoisotopic (exact) mass is 398 g/mol. The fourth-order valence-corrected chi connectivity index (χ4v) is 3.36. The van der Waals surface area contributed by atoms with E-state index in [2.05, 4.69) is 4.90 Å². The van der Waals surface area contributed by atoms with Gasteiger partial charge in [-0.05, 0) is 36.3 Å². The Hall–Kier alpha value is -2.79. The molecule has 146 valence electrons. The van der Waals surface area contributed by atoms with Crippen LogP contribution < -0.4 is 4.90 Å². The number of carbonyl (C=O) groups excluding carboxylic acids is 2. The number of ether oxygens (including phenoxy) is 1. The molecule has 0 radical (unpaired) electrons. The molecule has 0 unspecified atom stereocenters. The summed E-state index contributed by atoms with van der Waals surface area (Å²) in [6, 6.07) is 15.4. The second kappa shape index (κ2) is 9.42. The summed E-state index contributed by atoms with van der Waals surface area (Å²) in [5.74, 6) is -0.706. The third kappa shape index (κ3) is 5.14. The molecule has 1 saturated heterocycles. The Kier molecular flexibility index (Phi) is 6.71. The highest BCUT2D eigenvalue weighted by Crippen LogP contribution is 2.26. The van der Waals surface area contributed by atoms with Gasteiger partial charge >= 0.3 is 5.97 Å². The normalized spacial score (nSPS) is 14.4. The molecule has 0 aromatic heterocycles. The first-order chi connectivity index (χ1) is 13.5. The number of anilines is 1. The molecule has 0 aliphatic carbocycles. The van der Waals surface area contributed by atoms with E-state index < -0.39 is 5.97 Å². The maximum absolute atomic E-state index is 12.3. The number of para-hydroxylation sites is 1. The largest absolute Gasteiger partial charge is 0.452 e. The molecular weight excluding hydrogens is 376 g/mol. The maximum Gasteiger partial charge on any atom is 0.331 e. The molecule has 0 bridgehead atoms. The van der Waals surface area contributed by atoms with Gasteiger partial charge in [-0.1, -0.05) is 48.0 Å². The lowest BCUT2D eigenvalue weighted by Crippen LogP contribution is -2.50. The molecule has 1 amide bonds. The van der Waals surface area contributed by atoms with Crippen molar-refractivity contribution in [1.29, 1.82) is 0 Å². The summed E-state index contributed by atoms with van der Waals surface area (Å²) >= 11 is 6.24. The van der Waals surface area contributed by atoms with Crippen LogP contribution in [0.5, 0.6) is 0 Å². The van der Waals surface area contributed by atoms with Crippen molar-refractivity contribution in [3.63, 3.8) is 0 Å². The standard InChI is InChI=1S/C22H23ClN2O3/c1-17-6-2-3-7-18(17)10-11-22(27)28-16-21(26)25-14-12-24(13-15-25)20-9-5-4-8-19(20)23/h2-11H,12-16H2,1H3/b11-10+. The molecule has 1 aliphatic heterocycles. The number of benzene rings is 2. The van der Waals surface area contributed by atoms with E-state index >= 15 is 0 Å². The first-order valence-electron chi connectivity index (χ1n) is 9.22. The van der Waals surface area contributed by atoms with Crippen molar-refractivity contribution in [2.75, 3.05) is 37.7 Å². The third-order valence-corrected chi connectivity index (χ3v) is 5.07. The zero-order chi connectivity index (χ0) is 19.9. The number of piperazine rings is 1. The topological polar surface area (TPSA) is 49.9 Å². The first kappa shape index (κ1) is 20.0. The van der Waals surface area contributed by atoms with Crippen LogP contribution >= 0.6 is 11.6 Å². The van der Waals surface area contributed by atoms with Gasteiger partial charge in [0.2, 0.25) is 0 Å². The Labute approximate surface area is 170 Å². The lowest BCUT2D eigenvalue weighted by Gasteiger charge is -2.36. The van der Waals surface area contributed by atoms with E-state index in [9.17, 15) is 9.59 Å². The molecule has 2 aromatic rings. The van der Waals surface area contributed by atoms with Gasteiger partial charge in [-0.2, -0.15) is 0 Å². The van der Waals surface area contributed by atoms with Crippen LogP contribution in [-0.2, 0) is 14.3 Å². The van der Waals surface area contributed by atoms with Gasteiger partial charge in [0, 0.05) is 32.3 Å². The molecule has 1 aliphatic rings. The Morgan fingerprint density at radius 1 is 1.04 bits per heavy atom. The molecule has 0 saturated carbocycles. The summed E-state index contributed by atoms with van der Waals surface area (Å²) in [6.45, 7) is 4.24. The number of hydrogen-bond donors (Lipinski definition) is 0. The Bertz CT molecular complexity index is 874. The van der Waals surface area contributed by atoms with Crippen LogP contribution in [0, 0.1) is 6.92 Å². The van der Waals surface area contributed by atoms with Gasteiger partial charge in [-0.25, -0.2) is 4.79 Å². The van der Waals surface area contributed by atoms with Gasteiger partial charge in [-0.3, -0.25) is 4.79 Å². The molecule has 28 heavy (non-hydrogen) atoms. The molecular formula is C22H23ClN2O3. The van der Waals surface area contributed by atoms with Gasteiger partial charge in [0.25, 0.3) is 5.91 Å². The van der Waals surface area contributed by atoms with E-state index in [1.54, 1.807) is 11.0 Å². The van der Waals surface area contributed by atoms with Gasteiger partial charge in [0.15, 0.2) is 6.61 Å². The van der Waals surface area contributed by atoms with E-state index in [1.165, 1.54) is 6.08 Å². The van der Waals surface area contributed by atoms with Crippen molar-refractivity contribution in [2.45, 2.75) is 6.92 Å². The minimum Gasteiger partial charge on any atom is -0.452 e. The van der Waals surface area contributed by atoms with Crippen molar-refractivity contribution >= 4 is 35.2 Å². The molecule has 3 rings (SSSR count). The molecule has 6 heteroatoms. The van der Waals surface area contributed by atoms with Gasteiger partial charge in [0.1, 0.15) is 0 Å². The van der Waals surface area contributed by atoms with Crippen molar-refractivity contribution < 1.29 is 14.3 Å². The van der Waals surface area contributed by atoms with Crippen LogP contribution in [0.1, 0.15) is 11.1 Å². The van der Waals surface area contributed by atoms with Crippen LogP contribution in [-0.4, -0.2) is 49.6 Å². The predicted molar refractivity (Wildman–Crippen MR) is 111 cm³/mol. The second-order valence-corrected chi connectivity index (χ2v) is 7.02. The molecule has 0 spiro atoms. The average molecular weight is 399 g/mol. The smallest absolute Gasteiger partial charge is 0.331 e. The molecule has 0 N–H and O–H groups in total. The number of amides is 1. The zero-order valence-electron chi connectivity index (χ0n) is 15.8. The predicted octanol–water partition coefficient (Wildman–Crippen LogP) is 3.55. The van der Waals surface area contributed by atoms with Crippen molar-refractivity contribution in [2.24, 2.45) is 0 Å². The zero-order valence-corrected chi connectivity index (χ0v) is 16.6. The molecule has 1 heterocycles. The summed E-state index contributed by atoms with van der Waals surface area (Å²) in [5, 5.41) is 0.705. The average Bonchev–Trinajstić information content (AvgIpc) is 2.72. The highest BCUT2D eigenvalue weighted by molar-refractivity contribution is 6.33. The fraction of sp³-hybridized carbons (Fsp3) is 0.273. The highest BCUT2D eigenvalue weighted by atomic mass is 35.5. The quantitative estimate of drug-likeness (QED) is 0.571. The number of aryl methyl sites for hydroxylation is 1. The first-order valence-corrected chi connectivity index (χ1v) is 9.60. The van der Waals surface area contributed by atoms with Gasteiger partial charge < -0.3 is 14.5 Å². The number of rotatable bonds is 5. The lowest BCUT2D eigenvalue weighted by molar-refractivity contribution is -0.148. The van der Waals surface area contributed by atoms with E-state index in [4.69, 9.17) is 16.3 Å². The minimum atomic E-state index is -0.522. The Morgan fingerprint density at radius 2 is 1.71 bits per heavy atom. The highest BCUT2D eigenvalue weighted by Gasteiger charge is 2.22. The van der Waals surface area contributed by atoms with Gasteiger partial charge in [0.05, 0.1) is 10.7 Å². The number of hydrogen-bond acceptors (Lipinski definition) is 4. The van der Waals surface area contributed by atoms with Crippen LogP contribution in [0.3, 0.4) is 0 Å². The fourth-order valence-electron chi connectivity index (χ4n) is 3.11. The van der Waals surface area contributed by atoms with Crippen molar-refractivity contribution in [3.8, 4) is 0 Å². The molecule has 2 aromatic carbocycles. The molecule has 0 atom stereocenters. The SMILES string of the molecule is Cc1ccccc1/C=C/C(=O)OCC(=O)N1CCN(c2ccccc2Cl)CC1. The minimum absolute atomic E-state index is 0.184. The second-order valence-electron chi connectivity index (χ2n) is 6.62. The third-order valence-electron chi connectivity index (χ3n) is 4.75. The summed E-state index contributed by atoms with van der Waals surface area (Å²) in [4.78, 5) is 28.1. The van der Waals surface area contributed by atoms with Crippen molar-refractivity contribution in [1.82, 2.24) is 4.90 Å². The van der Waals surface area contributed by atoms with E-state index in [0.717, 1.165) is 16.8 Å². The van der Waals surface area contributed by atoms with E-state index in [1.807, 2.05) is 55.5 Å². The lowest BCUT2D eigenvalue weighted by atomic mass is 10.1. The van der Waals surface area contributed by atoms with Gasteiger partial charge in [-0.15, -0.1) is 0 Å². The molecule has 5 nitrogen and oxygen atoms in total.